The molecule has 0 aliphatic rings. The Morgan fingerprint density at radius 2 is 0.727 bits per heavy atom. The minimum Gasteiger partial charge on any atom is -0.309 e. The van der Waals surface area contributed by atoms with E-state index in [1.54, 1.807) is 0 Å². The summed E-state index contributed by atoms with van der Waals surface area (Å²) >= 11 is 0. The average molecular weight is 841 g/mol. The normalized spacial score (nSPS) is 11.9. The fourth-order valence-electron chi connectivity index (χ4n) is 10.9. The molecule has 0 amide bonds. The van der Waals surface area contributed by atoms with Crippen LogP contribution in [0.3, 0.4) is 0 Å². The maximum absolute atomic E-state index is 10.9. The van der Waals surface area contributed by atoms with Crippen LogP contribution >= 0.6 is 0 Å². The molecule has 0 unspecified atom stereocenters. The van der Waals surface area contributed by atoms with Gasteiger partial charge in [0, 0.05) is 83.7 Å². The van der Waals surface area contributed by atoms with Crippen molar-refractivity contribution >= 4 is 87.2 Å². The molecule has 14 rings (SSSR count). The summed E-state index contributed by atoms with van der Waals surface area (Å²) in [5.41, 5.74) is 15.3. The van der Waals surface area contributed by atoms with Crippen molar-refractivity contribution in [3.05, 3.63) is 224 Å². The molecule has 0 saturated carbocycles. The molecule has 306 valence electrons. The first-order valence-electron chi connectivity index (χ1n) is 22.3. The largest absolute Gasteiger partial charge is 0.309 e. The van der Waals surface area contributed by atoms with E-state index in [0.29, 0.717) is 5.56 Å². The molecule has 66 heavy (non-hydrogen) atoms. The van der Waals surface area contributed by atoms with Crippen LogP contribution in [0, 0.1) is 11.3 Å². The Morgan fingerprint density at radius 3 is 1.20 bits per heavy atom. The summed E-state index contributed by atoms with van der Waals surface area (Å²) in [5, 5.41) is 20.4. The topological polar surface area (TPSA) is 56.4 Å². The van der Waals surface area contributed by atoms with Gasteiger partial charge in [-0.2, -0.15) is 5.26 Å². The third-order valence-corrected chi connectivity index (χ3v) is 13.7. The van der Waals surface area contributed by atoms with Gasteiger partial charge in [-0.05, 0) is 97.1 Å². The molecule has 6 nitrogen and oxygen atoms in total. The van der Waals surface area contributed by atoms with Crippen molar-refractivity contribution in [1.29, 1.82) is 5.26 Å². The summed E-state index contributed by atoms with van der Waals surface area (Å²) in [6, 6.07) is 76.2. The van der Waals surface area contributed by atoms with Crippen LogP contribution in [0.5, 0.6) is 0 Å². The predicted molar refractivity (Wildman–Crippen MR) is 272 cm³/mol. The van der Waals surface area contributed by atoms with Crippen LogP contribution < -0.4 is 0 Å². The lowest BCUT2D eigenvalue weighted by atomic mass is 9.99. The van der Waals surface area contributed by atoms with Crippen molar-refractivity contribution in [2.24, 2.45) is 0 Å². The van der Waals surface area contributed by atoms with E-state index in [4.69, 9.17) is 4.98 Å². The monoisotopic (exact) mass is 840 g/mol. The highest BCUT2D eigenvalue weighted by atomic mass is 15.0. The third kappa shape index (κ3) is 5.08. The Bertz CT molecular complexity index is 4350. The first kappa shape index (κ1) is 36.3. The van der Waals surface area contributed by atoms with Gasteiger partial charge >= 0.3 is 0 Å². The fraction of sp³-hybridized carbons (Fsp3) is 0. The minimum absolute atomic E-state index is 0.577. The summed E-state index contributed by atoms with van der Waals surface area (Å²) in [7, 11) is 0. The average Bonchev–Trinajstić information content (AvgIpc) is 4.09. The number of aromatic nitrogens is 5. The van der Waals surface area contributed by atoms with Crippen molar-refractivity contribution in [1.82, 2.24) is 23.3 Å². The Morgan fingerprint density at radius 1 is 0.318 bits per heavy atom. The minimum atomic E-state index is 0.577. The lowest BCUT2D eigenvalue weighted by Gasteiger charge is -2.16. The zero-order valence-electron chi connectivity index (χ0n) is 35.5. The molecule has 0 spiro atoms. The number of rotatable bonds is 5. The van der Waals surface area contributed by atoms with Crippen molar-refractivity contribution < 1.29 is 0 Å². The second-order valence-electron chi connectivity index (χ2n) is 17.1. The van der Waals surface area contributed by atoms with Gasteiger partial charge in [0.15, 0.2) is 0 Å². The van der Waals surface area contributed by atoms with Crippen LogP contribution in [0.4, 0.5) is 0 Å². The van der Waals surface area contributed by atoms with Gasteiger partial charge in [-0.25, -0.2) is 0 Å². The highest BCUT2D eigenvalue weighted by Gasteiger charge is 2.23. The smallest absolute Gasteiger partial charge is 0.0998 e. The van der Waals surface area contributed by atoms with Gasteiger partial charge in [-0.15, -0.1) is 0 Å². The molecule has 0 N–H and O–H groups in total. The molecule has 0 aliphatic heterocycles. The second kappa shape index (κ2) is 13.9. The highest BCUT2D eigenvalue weighted by molar-refractivity contribution is 6.21. The van der Waals surface area contributed by atoms with Gasteiger partial charge in [0.1, 0.15) is 0 Å². The molecule has 0 aliphatic carbocycles. The summed E-state index contributed by atoms with van der Waals surface area (Å²) in [5.74, 6) is 0. The first-order valence-corrected chi connectivity index (χ1v) is 22.3. The van der Waals surface area contributed by atoms with Crippen molar-refractivity contribution in [2.45, 2.75) is 0 Å². The molecule has 9 aromatic carbocycles. The zero-order valence-corrected chi connectivity index (χ0v) is 35.5. The van der Waals surface area contributed by atoms with E-state index in [1.807, 2.05) is 18.5 Å². The number of benzene rings is 9. The Balaban J connectivity index is 1.03. The predicted octanol–water partition coefficient (Wildman–Crippen LogP) is 15.0. The SMILES string of the molecule is N#Cc1ccc(-n2c3ccccc3c3cc4c5ccccc5n(-c5ccccc5)c4cc32)cc1-c1cnccc1-n1c2ccccc2c2cc3c4ccccc4n(-c4ccccc4)c3cc21. The van der Waals surface area contributed by atoms with Crippen LogP contribution in [0.1, 0.15) is 5.56 Å². The van der Waals surface area contributed by atoms with Gasteiger partial charge in [0.2, 0.25) is 0 Å². The van der Waals surface area contributed by atoms with E-state index < -0.39 is 0 Å². The summed E-state index contributed by atoms with van der Waals surface area (Å²) in [4.78, 5) is 4.75. The van der Waals surface area contributed by atoms with Crippen LogP contribution in [0.25, 0.3) is 121 Å². The lowest BCUT2D eigenvalue weighted by Crippen LogP contribution is -2.01. The molecule has 0 atom stereocenters. The number of para-hydroxylation sites is 6. The van der Waals surface area contributed by atoms with E-state index in [9.17, 15) is 5.26 Å². The van der Waals surface area contributed by atoms with Crippen LogP contribution in [-0.4, -0.2) is 23.3 Å². The van der Waals surface area contributed by atoms with Crippen LogP contribution in [0.15, 0.2) is 219 Å². The first-order chi connectivity index (χ1) is 32.7. The maximum Gasteiger partial charge on any atom is 0.0998 e. The molecule has 5 aromatic heterocycles. The van der Waals surface area contributed by atoms with Gasteiger partial charge < -0.3 is 18.3 Å². The second-order valence-corrected chi connectivity index (χ2v) is 17.1. The van der Waals surface area contributed by atoms with Crippen molar-refractivity contribution in [3.8, 4) is 39.9 Å². The van der Waals surface area contributed by atoms with E-state index in [2.05, 4.69) is 225 Å². The fourth-order valence-corrected chi connectivity index (χ4v) is 10.9. The molecule has 0 radical (unpaired) electrons. The Labute approximate surface area is 378 Å². The molecule has 0 bridgehead atoms. The summed E-state index contributed by atoms with van der Waals surface area (Å²) in [6.07, 6.45) is 3.78. The zero-order chi connectivity index (χ0) is 43.5. The van der Waals surface area contributed by atoms with Crippen LogP contribution in [0.2, 0.25) is 0 Å². The highest BCUT2D eigenvalue weighted by Crippen LogP contribution is 2.44. The standard InChI is InChI=1S/C60H36N6/c61-36-38-27-28-41(65-54-25-13-9-21-44(54)49-32-47-42-19-7-11-23-52(42)63(57(47)34-59(49)65)39-15-3-1-4-16-39)31-46(38)51-37-62-30-29-56(51)66-55-26-14-10-22-45(55)50-33-48-43-20-8-12-24-53(43)64(58(48)35-60(50)66)40-17-5-2-6-18-40/h1-35,37H. The third-order valence-electron chi connectivity index (χ3n) is 13.7. The maximum atomic E-state index is 10.9. The molecule has 0 saturated heterocycles. The van der Waals surface area contributed by atoms with E-state index in [-0.39, 0.29) is 0 Å². The molecular weight excluding hydrogens is 805 g/mol. The molecule has 14 aromatic rings. The number of hydrogen-bond donors (Lipinski definition) is 0. The summed E-state index contributed by atoms with van der Waals surface area (Å²) in [6.45, 7) is 0. The summed E-state index contributed by atoms with van der Waals surface area (Å²) < 4.78 is 9.46. The van der Waals surface area contributed by atoms with Crippen LogP contribution in [-0.2, 0) is 0 Å². The van der Waals surface area contributed by atoms with E-state index in [0.717, 1.165) is 83.3 Å². The number of nitrogens with zero attached hydrogens (tertiary/aromatic N) is 6. The molecule has 5 heterocycles. The molecular formula is C60H36N6. The number of nitriles is 1. The molecule has 0 fully saturated rings. The van der Waals surface area contributed by atoms with Gasteiger partial charge in [0.05, 0.1) is 61.5 Å². The number of hydrogen-bond acceptors (Lipinski definition) is 2. The quantitative estimate of drug-likeness (QED) is 0.173. The number of fused-ring (bicyclic) bond motifs is 12. The van der Waals surface area contributed by atoms with E-state index >= 15 is 0 Å². The molecule has 6 heteroatoms. The van der Waals surface area contributed by atoms with Crippen molar-refractivity contribution in [2.75, 3.05) is 0 Å². The van der Waals surface area contributed by atoms with Gasteiger partial charge in [-0.3, -0.25) is 4.98 Å². The Hall–Kier alpha value is -9.18. The lowest BCUT2D eigenvalue weighted by molar-refractivity contribution is 1.15. The Kier molecular flexibility index (Phi) is 7.65. The number of pyridine rings is 1. The van der Waals surface area contributed by atoms with E-state index in [1.165, 1.54) is 37.8 Å². The van der Waals surface area contributed by atoms with Gasteiger partial charge in [-0.1, -0.05) is 109 Å². The van der Waals surface area contributed by atoms with Gasteiger partial charge in [0.25, 0.3) is 0 Å². The van der Waals surface area contributed by atoms with Crippen molar-refractivity contribution in [3.63, 3.8) is 0 Å².